The van der Waals surface area contributed by atoms with Gasteiger partial charge in [-0.25, -0.2) is 0 Å². The highest BCUT2D eigenvalue weighted by molar-refractivity contribution is 6.11. The second-order valence-corrected chi connectivity index (χ2v) is 8.67. The maximum Gasteiger partial charge on any atom is 0.193 e. The Labute approximate surface area is 177 Å². The number of hydrogen-bond donors (Lipinski definition) is 1. The highest BCUT2D eigenvalue weighted by Crippen LogP contribution is 2.57. The van der Waals surface area contributed by atoms with Gasteiger partial charge in [0.05, 0.1) is 7.11 Å². The fourth-order valence-electron chi connectivity index (χ4n) is 4.54. The molecular formula is C26H28O4. The molecule has 1 aliphatic heterocycles. The van der Waals surface area contributed by atoms with Crippen molar-refractivity contribution >= 4 is 11.9 Å². The first-order chi connectivity index (χ1) is 14.3. The van der Waals surface area contributed by atoms with Crippen molar-refractivity contribution in [2.24, 2.45) is 11.8 Å². The Bertz CT molecular complexity index is 1020. The number of phenolic OH excluding ortho intramolecular Hbond substituents is 1. The van der Waals surface area contributed by atoms with Gasteiger partial charge in [0, 0.05) is 17.5 Å². The molecule has 2 aromatic carbocycles. The maximum absolute atomic E-state index is 13.1. The SMILES string of the molecule is COc1cc(O)c(C(=O)/C=C/c2ccccc2)c2c1[C@@H]1C[C@@H](C(C)C)C=C[C@]1(C)O2. The van der Waals surface area contributed by atoms with Crippen LogP contribution in [0.15, 0.2) is 54.6 Å². The molecule has 0 saturated heterocycles. The molecule has 0 amide bonds. The van der Waals surface area contributed by atoms with Crippen LogP contribution < -0.4 is 9.47 Å². The number of carbonyl (C=O) groups excluding carboxylic acids is 1. The van der Waals surface area contributed by atoms with Crippen LogP contribution in [0.1, 0.15) is 54.6 Å². The minimum absolute atomic E-state index is 0.0603. The number of ether oxygens (including phenoxy) is 2. The zero-order valence-electron chi connectivity index (χ0n) is 17.9. The zero-order valence-corrected chi connectivity index (χ0v) is 17.9. The minimum Gasteiger partial charge on any atom is -0.507 e. The number of allylic oxidation sites excluding steroid dienone is 2. The van der Waals surface area contributed by atoms with Gasteiger partial charge in [0.25, 0.3) is 0 Å². The first-order valence-electron chi connectivity index (χ1n) is 10.4. The van der Waals surface area contributed by atoms with E-state index >= 15 is 0 Å². The molecule has 2 aliphatic rings. The van der Waals surface area contributed by atoms with E-state index in [9.17, 15) is 9.90 Å². The molecule has 2 aromatic rings. The molecule has 0 fully saturated rings. The number of ketones is 1. The number of benzene rings is 2. The molecule has 0 radical (unpaired) electrons. The van der Waals surface area contributed by atoms with Crippen molar-refractivity contribution in [3.05, 3.63) is 71.3 Å². The van der Waals surface area contributed by atoms with Crippen LogP contribution in [0.25, 0.3) is 6.08 Å². The summed E-state index contributed by atoms with van der Waals surface area (Å²) in [6, 6.07) is 11.1. The van der Waals surface area contributed by atoms with Gasteiger partial charge in [-0.2, -0.15) is 0 Å². The van der Waals surface area contributed by atoms with Crippen LogP contribution >= 0.6 is 0 Å². The molecule has 4 nitrogen and oxygen atoms in total. The lowest BCUT2D eigenvalue weighted by Crippen LogP contribution is -2.36. The molecular weight excluding hydrogens is 376 g/mol. The standard InChI is InChI=1S/C26H28O4/c1-16(2)18-12-13-26(3)19(14-18)23-22(29-4)15-21(28)24(25(23)30-26)20(27)11-10-17-8-6-5-7-9-17/h5-13,15-16,18-19,28H,14H2,1-4H3/b11-10+/t18-,19-,26-/m0/s1. The molecule has 1 N–H and O–H groups in total. The van der Waals surface area contributed by atoms with Gasteiger partial charge in [0.2, 0.25) is 0 Å². The number of aromatic hydroxyl groups is 1. The molecule has 0 aromatic heterocycles. The first kappa shape index (κ1) is 20.3. The van der Waals surface area contributed by atoms with Crippen LogP contribution in [0.4, 0.5) is 0 Å². The van der Waals surface area contributed by atoms with E-state index in [1.165, 1.54) is 6.08 Å². The molecule has 1 heterocycles. The van der Waals surface area contributed by atoms with Crippen LogP contribution in [-0.4, -0.2) is 23.6 Å². The molecule has 0 saturated carbocycles. The van der Waals surface area contributed by atoms with E-state index < -0.39 is 5.60 Å². The summed E-state index contributed by atoms with van der Waals surface area (Å²) in [7, 11) is 1.58. The van der Waals surface area contributed by atoms with Gasteiger partial charge < -0.3 is 14.6 Å². The summed E-state index contributed by atoms with van der Waals surface area (Å²) in [5.74, 6) is 1.59. The van der Waals surface area contributed by atoms with Crippen molar-refractivity contribution in [2.45, 2.75) is 38.7 Å². The molecule has 156 valence electrons. The summed E-state index contributed by atoms with van der Waals surface area (Å²) >= 11 is 0. The van der Waals surface area contributed by atoms with E-state index in [0.29, 0.717) is 23.3 Å². The third-order valence-corrected chi connectivity index (χ3v) is 6.36. The number of methoxy groups -OCH3 is 1. The van der Waals surface area contributed by atoms with Gasteiger partial charge in [-0.15, -0.1) is 0 Å². The summed E-state index contributed by atoms with van der Waals surface area (Å²) < 4.78 is 12.0. The Morgan fingerprint density at radius 1 is 1.30 bits per heavy atom. The second kappa shape index (κ2) is 7.67. The Morgan fingerprint density at radius 3 is 2.70 bits per heavy atom. The lowest BCUT2D eigenvalue weighted by molar-refractivity contribution is 0.101. The fraction of sp³-hybridized carbons (Fsp3) is 0.346. The van der Waals surface area contributed by atoms with Crippen molar-refractivity contribution in [1.82, 2.24) is 0 Å². The molecule has 0 unspecified atom stereocenters. The van der Waals surface area contributed by atoms with Crippen molar-refractivity contribution < 1.29 is 19.4 Å². The number of rotatable bonds is 5. The Morgan fingerprint density at radius 2 is 2.03 bits per heavy atom. The van der Waals surface area contributed by atoms with E-state index in [1.54, 1.807) is 19.3 Å². The predicted molar refractivity (Wildman–Crippen MR) is 118 cm³/mol. The van der Waals surface area contributed by atoms with Crippen molar-refractivity contribution in [1.29, 1.82) is 0 Å². The van der Waals surface area contributed by atoms with Gasteiger partial charge >= 0.3 is 0 Å². The summed E-state index contributed by atoms with van der Waals surface area (Å²) in [4.78, 5) is 13.1. The summed E-state index contributed by atoms with van der Waals surface area (Å²) in [6.07, 6.45) is 8.47. The Balaban J connectivity index is 1.78. The molecule has 4 heteroatoms. The van der Waals surface area contributed by atoms with E-state index in [4.69, 9.17) is 9.47 Å². The molecule has 1 aliphatic carbocycles. The third-order valence-electron chi connectivity index (χ3n) is 6.36. The fourth-order valence-corrected chi connectivity index (χ4v) is 4.54. The van der Waals surface area contributed by atoms with Crippen LogP contribution in [-0.2, 0) is 0 Å². The second-order valence-electron chi connectivity index (χ2n) is 8.67. The number of hydrogen-bond acceptors (Lipinski definition) is 4. The maximum atomic E-state index is 13.1. The highest BCUT2D eigenvalue weighted by atomic mass is 16.5. The number of carbonyl (C=O) groups is 1. The lowest BCUT2D eigenvalue weighted by Gasteiger charge is -2.35. The largest absolute Gasteiger partial charge is 0.507 e. The van der Waals surface area contributed by atoms with E-state index in [2.05, 4.69) is 26.0 Å². The minimum atomic E-state index is -0.563. The van der Waals surface area contributed by atoms with Gasteiger partial charge in [0.1, 0.15) is 28.4 Å². The zero-order chi connectivity index (χ0) is 21.5. The smallest absolute Gasteiger partial charge is 0.193 e. The van der Waals surface area contributed by atoms with Gasteiger partial charge in [-0.1, -0.05) is 56.3 Å². The molecule has 4 rings (SSSR count). The van der Waals surface area contributed by atoms with Crippen molar-refractivity contribution in [3.8, 4) is 17.2 Å². The molecule has 30 heavy (non-hydrogen) atoms. The van der Waals surface area contributed by atoms with Gasteiger partial charge in [-0.05, 0) is 42.9 Å². The van der Waals surface area contributed by atoms with Crippen LogP contribution in [0.5, 0.6) is 17.2 Å². The van der Waals surface area contributed by atoms with Gasteiger partial charge in [0.15, 0.2) is 5.78 Å². The molecule has 3 atom stereocenters. The van der Waals surface area contributed by atoms with E-state index in [-0.39, 0.29) is 23.0 Å². The van der Waals surface area contributed by atoms with E-state index in [0.717, 1.165) is 17.5 Å². The third kappa shape index (κ3) is 3.41. The topological polar surface area (TPSA) is 55.8 Å². The van der Waals surface area contributed by atoms with E-state index in [1.807, 2.05) is 37.3 Å². The summed E-state index contributed by atoms with van der Waals surface area (Å²) in [6.45, 7) is 6.47. The average molecular weight is 405 g/mol. The van der Waals surface area contributed by atoms with Crippen molar-refractivity contribution in [3.63, 3.8) is 0 Å². The lowest BCUT2D eigenvalue weighted by atomic mass is 9.71. The number of phenols is 1. The summed E-state index contributed by atoms with van der Waals surface area (Å²) in [5.41, 5.74) is 1.43. The monoisotopic (exact) mass is 404 g/mol. The highest BCUT2D eigenvalue weighted by Gasteiger charge is 2.49. The predicted octanol–water partition coefficient (Wildman–Crippen LogP) is 5.76. The normalized spacial score (nSPS) is 24.6. The quantitative estimate of drug-likeness (QED) is 0.391. The van der Waals surface area contributed by atoms with Crippen LogP contribution in [0.2, 0.25) is 0 Å². The first-order valence-corrected chi connectivity index (χ1v) is 10.4. The molecule has 0 spiro atoms. The summed E-state index contributed by atoms with van der Waals surface area (Å²) in [5, 5.41) is 10.7. The van der Waals surface area contributed by atoms with Crippen molar-refractivity contribution in [2.75, 3.05) is 7.11 Å². The van der Waals surface area contributed by atoms with Crippen LogP contribution in [0, 0.1) is 11.8 Å². The Hall–Kier alpha value is -3.01. The molecule has 0 bridgehead atoms. The average Bonchev–Trinajstić information content (AvgIpc) is 3.03. The van der Waals surface area contributed by atoms with Gasteiger partial charge in [-0.3, -0.25) is 4.79 Å². The Kier molecular flexibility index (Phi) is 5.19. The number of fused-ring (bicyclic) bond motifs is 3. The van der Waals surface area contributed by atoms with Crippen LogP contribution in [0.3, 0.4) is 0 Å².